The molecule has 0 spiro atoms. The molecule has 1 aromatic heterocycles. The molecule has 1 aromatic rings. The summed E-state index contributed by atoms with van der Waals surface area (Å²) in [6, 6.07) is 1.97. The van der Waals surface area contributed by atoms with Gasteiger partial charge in [-0.05, 0) is 11.6 Å². The lowest BCUT2D eigenvalue weighted by molar-refractivity contribution is 0.757. The van der Waals surface area contributed by atoms with Gasteiger partial charge in [0, 0.05) is 13.1 Å². The van der Waals surface area contributed by atoms with Gasteiger partial charge in [0.1, 0.15) is 0 Å². The molecule has 0 unspecified atom stereocenters. The highest BCUT2D eigenvalue weighted by molar-refractivity contribution is 5.85. The van der Waals surface area contributed by atoms with E-state index in [1.165, 1.54) is 5.56 Å². The second kappa shape index (κ2) is 4.50. The second-order valence-corrected chi connectivity index (χ2v) is 2.48. The number of fused-ring (bicyclic) bond motifs is 1. The zero-order valence-electron chi connectivity index (χ0n) is 6.41. The largest absolute Gasteiger partial charge is 0.397 e. The van der Waals surface area contributed by atoms with Gasteiger partial charge in [0.2, 0.25) is 0 Å². The fraction of sp³-hybridized carbons (Fsp3) is 0.286. The minimum Gasteiger partial charge on any atom is -0.397 e. The number of nitrogens with two attached hydrogens (primary N) is 1. The Kier molecular flexibility index (Phi) is 4.31. The van der Waals surface area contributed by atoms with E-state index in [9.17, 15) is 0 Å². The van der Waals surface area contributed by atoms with E-state index < -0.39 is 0 Å². The molecule has 2 rings (SSSR count). The minimum atomic E-state index is 0. The average Bonchev–Trinajstić information content (AvgIpc) is 2.33. The zero-order chi connectivity index (χ0) is 6.97. The van der Waals surface area contributed by atoms with Gasteiger partial charge in [-0.15, -0.1) is 24.8 Å². The van der Waals surface area contributed by atoms with Crippen LogP contribution in [0, 0.1) is 0 Å². The fourth-order valence-electron chi connectivity index (χ4n) is 1.18. The van der Waals surface area contributed by atoms with E-state index in [4.69, 9.17) is 5.73 Å². The number of halogens is 2. The third kappa shape index (κ3) is 2.00. The van der Waals surface area contributed by atoms with E-state index in [2.05, 4.69) is 10.3 Å². The first-order chi connectivity index (χ1) is 4.86. The van der Waals surface area contributed by atoms with Crippen molar-refractivity contribution in [2.24, 2.45) is 0 Å². The summed E-state index contributed by atoms with van der Waals surface area (Å²) in [6.07, 6.45) is 1.70. The molecule has 0 radical (unpaired) electrons. The summed E-state index contributed by atoms with van der Waals surface area (Å²) in [5.74, 6) is 0. The molecule has 0 aliphatic carbocycles. The number of hydrogen-bond donors (Lipinski definition) is 2. The Labute approximate surface area is 83.6 Å². The molecule has 0 saturated carbocycles. The number of rotatable bonds is 0. The third-order valence-corrected chi connectivity index (χ3v) is 1.69. The van der Waals surface area contributed by atoms with E-state index in [1.807, 2.05) is 6.07 Å². The van der Waals surface area contributed by atoms with Crippen molar-refractivity contribution < 1.29 is 0 Å². The fourth-order valence-corrected chi connectivity index (χ4v) is 1.18. The van der Waals surface area contributed by atoms with Crippen molar-refractivity contribution in [2.45, 2.75) is 13.1 Å². The van der Waals surface area contributed by atoms with Gasteiger partial charge in [0.05, 0.1) is 17.6 Å². The average molecular weight is 208 g/mol. The maximum Gasteiger partial charge on any atom is 0.0588 e. The summed E-state index contributed by atoms with van der Waals surface area (Å²) in [5, 5.41) is 3.20. The number of nitrogens with one attached hydrogen (secondary N) is 1. The third-order valence-electron chi connectivity index (χ3n) is 1.69. The quantitative estimate of drug-likeness (QED) is 0.671. The van der Waals surface area contributed by atoms with Gasteiger partial charge in [-0.1, -0.05) is 0 Å². The first-order valence-corrected chi connectivity index (χ1v) is 3.30. The van der Waals surface area contributed by atoms with Crippen molar-refractivity contribution in [1.82, 2.24) is 10.3 Å². The standard InChI is InChI=1S/C7H9N3.2ClH/c8-6-1-5-2-9-4-7(5)10-3-6;;/h1,3,9H,2,4,8H2;2*1H. The molecule has 12 heavy (non-hydrogen) atoms. The number of nitrogen functional groups attached to an aromatic ring is 1. The summed E-state index contributed by atoms with van der Waals surface area (Å²) in [7, 11) is 0. The molecule has 3 N–H and O–H groups in total. The molecule has 1 aliphatic rings. The van der Waals surface area contributed by atoms with Gasteiger partial charge in [0.15, 0.2) is 0 Å². The normalized spacial score (nSPS) is 12.7. The lowest BCUT2D eigenvalue weighted by atomic mass is 10.2. The van der Waals surface area contributed by atoms with Gasteiger partial charge in [-0.3, -0.25) is 4.98 Å². The molecule has 0 bridgehead atoms. The predicted octanol–water partition coefficient (Wildman–Crippen LogP) is 1.11. The lowest BCUT2D eigenvalue weighted by Gasteiger charge is -1.96. The van der Waals surface area contributed by atoms with Gasteiger partial charge >= 0.3 is 0 Å². The van der Waals surface area contributed by atoms with E-state index >= 15 is 0 Å². The van der Waals surface area contributed by atoms with Gasteiger partial charge in [0.25, 0.3) is 0 Å². The van der Waals surface area contributed by atoms with E-state index in [0.717, 1.165) is 24.5 Å². The Bertz CT molecular complexity index is 265. The van der Waals surface area contributed by atoms with E-state index in [0.29, 0.717) is 0 Å². The summed E-state index contributed by atoms with van der Waals surface area (Å²) in [6.45, 7) is 1.79. The lowest BCUT2D eigenvalue weighted by Crippen LogP contribution is -2.00. The van der Waals surface area contributed by atoms with E-state index in [1.54, 1.807) is 6.20 Å². The second-order valence-electron chi connectivity index (χ2n) is 2.48. The SMILES string of the molecule is Cl.Cl.Nc1cnc2c(c1)CNC2. The van der Waals surface area contributed by atoms with Crippen LogP contribution in [0.1, 0.15) is 11.3 Å². The number of nitrogens with zero attached hydrogens (tertiary/aromatic N) is 1. The smallest absolute Gasteiger partial charge is 0.0588 e. The highest BCUT2D eigenvalue weighted by atomic mass is 35.5. The van der Waals surface area contributed by atoms with Crippen LogP contribution in [0.4, 0.5) is 5.69 Å². The Hall–Kier alpha value is -0.510. The van der Waals surface area contributed by atoms with Crippen LogP contribution in [-0.2, 0) is 13.1 Å². The monoisotopic (exact) mass is 207 g/mol. The Balaban J connectivity index is 0.000000605. The van der Waals surface area contributed by atoms with Crippen molar-refractivity contribution >= 4 is 30.5 Å². The first-order valence-electron chi connectivity index (χ1n) is 3.30. The zero-order valence-corrected chi connectivity index (χ0v) is 8.04. The minimum absolute atomic E-state index is 0. The molecular formula is C7H11Cl2N3. The summed E-state index contributed by atoms with van der Waals surface area (Å²) >= 11 is 0. The number of hydrogen-bond acceptors (Lipinski definition) is 3. The molecule has 3 nitrogen and oxygen atoms in total. The maximum atomic E-state index is 5.54. The maximum absolute atomic E-state index is 5.54. The predicted molar refractivity (Wildman–Crippen MR) is 53.7 cm³/mol. The summed E-state index contributed by atoms with van der Waals surface area (Å²) in [5.41, 5.74) is 8.66. The van der Waals surface area contributed by atoms with Crippen LogP contribution < -0.4 is 11.1 Å². The number of pyridine rings is 1. The van der Waals surface area contributed by atoms with Crippen molar-refractivity contribution in [3.05, 3.63) is 23.5 Å². The Morgan fingerprint density at radius 3 is 2.83 bits per heavy atom. The highest BCUT2D eigenvalue weighted by Gasteiger charge is 2.09. The molecule has 1 aliphatic heterocycles. The van der Waals surface area contributed by atoms with Crippen molar-refractivity contribution in [1.29, 1.82) is 0 Å². The van der Waals surface area contributed by atoms with Gasteiger partial charge in [-0.2, -0.15) is 0 Å². The molecule has 68 valence electrons. The molecule has 0 aromatic carbocycles. The van der Waals surface area contributed by atoms with Crippen LogP contribution in [0.5, 0.6) is 0 Å². The van der Waals surface area contributed by atoms with E-state index in [-0.39, 0.29) is 24.8 Å². The highest BCUT2D eigenvalue weighted by Crippen LogP contribution is 2.14. The molecule has 2 heterocycles. The van der Waals surface area contributed by atoms with Crippen molar-refractivity contribution in [3.8, 4) is 0 Å². The van der Waals surface area contributed by atoms with Crippen LogP contribution in [-0.4, -0.2) is 4.98 Å². The summed E-state index contributed by atoms with van der Waals surface area (Å²) in [4.78, 5) is 4.17. The van der Waals surface area contributed by atoms with Gasteiger partial charge < -0.3 is 11.1 Å². The summed E-state index contributed by atoms with van der Waals surface area (Å²) < 4.78 is 0. The van der Waals surface area contributed by atoms with Crippen LogP contribution in [0.2, 0.25) is 0 Å². The number of anilines is 1. The molecular weight excluding hydrogens is 197 g/mol. The molecule has 0 fully saturated rings. The van der Waals surface area contributed by atoms with Crippen molar-refractivity contribution in [2.75, 3.05) is 5.73 Å². The molecule has 0 saturated heterocycles. The van der Waals surface area contributed by atoms with Crippen molar-refractivity contribution in [3.63, 3.8) is 0 Å². The van der Waals surface area contributed by atoms with Crippen LogP contribution in [0.15, 0.2) is 12.3 Å². The molecule has 0 atom stereocenters. The Morgan fingerprint density at radius 1 is 1.33 bits per heavy atom. The topological polar surface area (TPSA) is 50.9 Å². The van der Waals surface area contributed by atoms with Crippen LogP contribution in [0.3, 0.4) is 0 Å². The molecule has 5 heteroatoms. The number of aromatic nitrogens is 1. The van der Waals surface area contributed by atoms with Gasteiger partial charge in [-0.25, -0.2) is 0 Å². The Morgan fingerprint density at radius 2 is 2.08 bits per heavy atom. The van der Waals surface area contributed by atoms with Crippen LogP contribution >= 0.6 is 24.8 Å². The molecule has 0 amide bonds. The first kappa shape index (κ1) is 11.5. The van der Waals surface area contributed by atoms with Crippen LogP contribution in [0.25, 0.3) is 0 Å².